The highest BCUT2D eigenvalue weighted by atomic mass is 16.5. The van der Waals surface area contributed by atoms with Gasteiger partial charge in [0, 0.05) is 31.8 Å². The summed E-state index contributed by atoms with van der Waals surface area (Å²) in [5.74, 6) is 3.93. The van der Waals surface area contributed by atoms with Crippen LogP contribution < -0.4 is 20.1 Å². The zero-order valence-corrected chi connectivity index (χ0v) is 17.8. The molecule has 1 saturated carbocycles. The van der Waals surface area contributed by atoms with E-state index in [0.29, 0.717) is 49.3 Å². The highest BCUT2D eigenvalue weighted by Crippen LogP contribution is 2.47. The molecular weight excluding hydrogens is 384 g/mol. The number of carbonyl (C=O) groups is 2. The van der Waals surface area contributed by atoms with E-state index in [0.717, 1.165) is 17.1 Å². The Kier molecular flexibility index (Phi) is 7.38. The van der Waals surface area contributed by atoms with E-state index in [1.165, 1.54) is 13.5 Å². The maximum atomic E-state index is 12.2. The van der Waals surface area contributed by atoms with Gasteiger partial charge in [-0.15, -0.1) is 0 Å². The number of rotatable bonds is 11. The summed E-state index contributed by atoms with van der Waals surface area (Å²) in [4.78, 5) is 23.7. The summed E-state index contributed by atoms with van der Waals surface area (Å²) in [7, 11) is 1.54. The van der Waals surface area contributed by atoms with Crippen molar-refractivity contribution in [1.82, 2.24) is 10.6 Å². The van der Waals surface area contributed by atoms with Crippen LogP contribution in [0.3, 0.4) is 0 Å². The third kappa shape index (κ3) is 6.02. The van der Waals surface area contributed by atoms with Crippen LogP contribution in [0.25, 0.3) is 0 Å². The number of ether oxygens (including phenoxy) is 2. The number of likely N-dealkylation sites (N-methyl/N-ethyl adjacent to an activating group) is 1. The lowest BCUT2D eigenvalue weighted by Crippen LogP contribution is -2.28. The van der Waals surface area contributed by atoms with E-state index in [2.05, 4.69) is 17.6 Å². The first-order chi connectivity index (χ1) is 14.5. The standard InChI is InChI=1S/C23H30N2O5/c1-4-24-23(27)14-29-20-8-5-16(12-21(20)28-3)13-25-22(26)10-7-17-6-9-19(30-17)18-11-15(18)2/h5-6,8-9,12,15,18H,4,7,10-11,13-14H2,1-3H3,(H,24,27)(H,25,26). The van der Waals surface area contributed by atoms with E-state index in [1.807, 2.05) is 25.1 Å². The van der Waals surface area contributed by atoms with Gasteiger partial charge < -0.3 is 24.5 Å². The molecule has 162 valence electrons. The van der Waals surface area contributed by atoms with Gasteiger partial charge in [-0.3, -0.25) is 9.59 Å². The van der Waals surface area contributed by atoms with E-state index in [-0.39, 0.29) is 18.4 Å². The van der Waals surface area contributed by atoms with E-state index in [4.69, 9.17) is 13.9 Å². The second-order valence-electron chi connectivity index (χ2n) is 7.63. The molecule has 2 N–H and O–H groups in total. The topological polar surface area (TPSA) is 89.8 Å². The van der Waals surface area contributed by atoms with Gasteiger partial charge in [0.05, 0.1) is 7.11 Å². The lowest BCUT2D eigenvalue weighted by Gasteiger charge is -2.12. The molecule has 2 atom stereocenters. The Morgan fingerprint density at radius 1 is 1.13 bits per heavy atom. The Hall–Kier alpha value is -2.96. The van der Waals surface area contributed by atoms with Crippen molar-refractivity contribution >= 4 is 11.8 Å². The van der Waals surface area contributed by atoms with Crippen molar-refractivity contribution in [2.45, 2.75) is 45.6 Å². The maximum absolute atomic E-state index is 12.2. The zero-order valence-electron chi connectivity index (χ0n) is 17.8. The van der Waals surface area contributed by atoms with E-state index >= 15 is 0 Å². The highest BCUT2D eigenvalue weighted by Gasteiger charge is 2.36. The van der Waals surface area contributed by atoms with Gasteiger partial charge in [0.2, 0.25) is 5.91 Å². The first kappa shape index (κ1) is 21.7. The molecular formula is C23H30N2O5. The first-order valence-electron chi connectivity index (χ1n) is 10.4. The number of hydrogen-bond donors (Lipinski definition) is 2. The quantitative estimate of drug-likeness (QED) is 0.589. The SMILES string of the molecule is CCNC(=O)COc1ccc(CNC(=O)CCc2ccc(C3CC3C)o2)cc1OC. The normalized spacial score (nSPS) is 17.3. The Bertz CT molecular complexity index is 876. The van der Waals surface area contributed by atoms with Gasteiger partial charge in [-0.2, -0.15) is 0 Å². The summed E-state index contributed by atoms with van der Waals surface area (Å²) in [6.07, 6.45) is 2.15. The van der Waals surface area contributed by atoms with Gasteiger partial charge >= 0.3 is 0 Å². The van der Waals surface area contributed by atoms with E-state index in [9.17, 15) is 9.59 Å². The van der Waals surface area contributed by atoms with Crippen molar-refractivity contribution in [3.05, 3.63) is 47.4 Å². The van der Waals surface area contributed by atoms with Gasteiger partial charge in [-0.25, -0.2) is 0 Å². The fraction of sp³-hybridized carbons (Fsp3) is 0.478. The Balaban J connectivity index is 1.44. The van der Waals surface area contributed by atoms with Crippen LogP contribution >= 0.6 is 0 Å². The number of carbonyl (C=O) groups excluding carboxylic acids is 2. The van der Waals surface area contributed by atoms with Gasteiger partial charge in [0.25, 0.3) is 5.91 Å². The van der Waals surface area contributed by atoms with Crippen molar-refractivity contribution in [1.29, 1.82) is 0 Å². The fourth-order valence-corrected chi connectivity index (χ4v) is 3.31. The molecule has 1 fully saturated rings. The summed E-state index contributed by atoms with van der Waals surface area (Å²) >= 11 is 0. The van der Waals surface area contributed by atoms with Crippen LogP contribution in [-0.2, 0) is 22.6 Å². The summed E-state index contributed by atoms with van der Waals surface area (Å²) in [6.45, 7) is 4.93. The molecule has 2 amide bonds. The molecule has 7 nitrogen and oxygen atoms in total. The fourth-order valence-electron chi connectivity index (χ4n) is 3.31. The van der Waals surface area contributed by atoms with Crippen molar-refractivity contribution in [3.63, 3.8) is 0 Å². The van der Waals surface area contributed by atoms with Gasteiger partial charge in [-0.05, 0) is 49.1 Å². The highest BCUT2D eigenvalue weighted by molar-refractivity contribution is 5.77. The maximum Gasteiger partial charge on any atom is 0.257 e. The summed E-state index contributed by atoms with van der Waals surface area (Å²) in [5, 5.41) is 5.59. The lowest BCUT2D eigenvalue weighted by molar-refractivity contribution is -0.123. The largest absolute Gasteiger partial charge is 0.493 e. The number of amides is 2. The van der Waals surface area contributed by atoms with Gasteiger partial charge in [0.15, 0.2) is 18.1 Å². The second-order valence-corrected chi connectivity index (χ2v) is 7.63. The Labute approximate surface area is 177 Å². The monoisotopic (exact) mass is 414 g/mol. The van der Waals surface area contributed by atoms with Crippen LogP contribution in [0.15, 0.2) is 34.7 Å². The minimum Gasteiger partial charge on any atom is -0.493 e. The molecule has 1 aromatic heterocycles. The Morgan fingerprint density at radius 2 is 1.93 bits per heavy atom. The van der Waals surface area contributed by atoms with Crippen molar-refractivity contribution in [2.24, 2.45) is 5.92 Å². The number of aryl methyl sites for hydroxylation is 1. The van der Waals surface area contributed by atoms with Crippen LogP contribution in [0.2, 0.25) is 0 Å². The molecule has 2 aromatic rings. The molecule has 1 aliphatic rings. The lowest BCUT2D eigenvalue weighted by atomic mass is 10.2. The molecule has 1 heterocycles. The average Bonchev–Trinajstić information content (AvgIpc) is 3.28. The minimum absolute atomic E-state index is 0.0386. The van der Waals surface area contributed by atoms with E-state index < -0.39 is 0 Å². The average molecular weight is 415 g/mol. The summed E-state index contributed by atoms with van der Waals surface area (Å²) in [6, 6.07) is 9.37. The van der Waals surface area contributed by atoms with Crippen LogP contribution in [-0.4, -0.2) is 32.1 Å². The second kappa shape index (κ2) is 10.2. The van der Waals surface area contributed by atoms with Gasteiger partial charge in [0.1, 0.15) is 11.5 Å². The smallest absolute Gasteiger partial charge is 0.257 e. The zero-order chi connectivity index (χ0) is 21.5. The Morgan fingerprint density at radius 3 is 2.63 bits per heavy atom. The van der Waals surface area contributed by atoms with Crippen molar-refractivity contribution in [3.8, 4) is 11.5 Å². The number of hydrogen-bond acceptors (Lipinski definition) is 5. The predicted octanol–water partition coefficient (Wildman–Crippen LogP) is 3.18. The van der Waals surface area contributed by atoms with E-state index in [1.54, 1.807) is 12.1 Å². The molecule has 1 aliphatic carbocycles. The first-order valence-corrected chi connectivity index (χ1v) is 10.4. The third-order valence-corrected chi connectivity index (χ3v) is 5.21. The molecule has 0 radical (unpaired) electrons. The summed E-state index contributed by atoms with van der Waals surface area (Å²) in [5.41, 5.74) is 0.883. The third-order valence-electron chi connectivity index (χ3n) is 5.21. The van der Waals surface area contributed by atoms with Crippen LogP contribution in [0.1, 0.15) is 49.7 Å². The number of methoxy groups -OCH3 is 1. The summed E-state index contributed by atoms with van der Waals surface area (Å²) < 4.78 is 16.7. The molecule has 1 aromatic carbocycles. The minimum atomic E-state index is -0.189. The molecule has 0 aliphatic heterocycles. The molecule has 0 bridgehead atoms. The predicted molar refractivity (Wildman–Crippen MR) is 113 cm³/mol. The number of nitrogens with one attached hydrogen (secondary N) is 2. The van der Waals surface area contributed by atoms with Crippen molar-refractivity contribution < 1.29 is 23.5 Å². The molecule has 30 heavy (non-hydrogen) atoms. The van der Waals surface area contributed by atoms with Crippen LogP contribution in [0.5, 0.6) is 11.5 Å². The van der Waals surface area contributed by atoms with Crippen LogP contribution in [0.4, 0.5) is 0 Å². The number of benzene rings is 1. The van der Waals surface area contributed by atoms with Gasteiger partial charge in [-0.1, -0.05) is 13.0 Å². The molecule has 0 saturated heterocycles. The molecule has 3 rings (SSSR count). The van der Waals surface area contributed by atoms with Crippen molar-refractivity contribution in [2.75, 3.05) is 20.3 Å². The molecule has 7 heteroatoms. The number of furan rings is 1. The molecule has 2 unspecified atom stereocenters. The molecule has 0 spiro atoms. The van der Waals surface area contributed by atoms with Crippen LogP contribution in [0, 0.1) is 5.92 Å².